The molecule has 0 bridgehead atoms. The third-order valence-corrected chi connectivity index (χ3v) is 4.79. The second-order valence-corrected chi connectivity index (χ2v) is 6.21. The molecule has 0 spiro atoms. The van der Waals surface area contributed by atoms with Crippen LogP contribution in [0, 0.1) is 11.8 Å². The summed E-state index contributed by atoms with van der Waals surface area (Å²) in [4.78, 5) is 2.55. The summed E-state index contributed by atoms with van der Waals surface area (Å²) >= 11 is 2.11. The molecule has 1 heterocycles. The predicted molar refractivity (Wildman–Crippen MR) is 84.2 cm³/mol. The van der Waals surface area contributed by atoms with Gasteiger partial charge in [-0.3, -0.25) is 4.90 Å². The normalized spacial score (nSPS) is 19.8. The summed E-state index contributed by atoms with van der Waals surface area (Å²) in [6.45, 7) is 6.08. The average molecular weight is 274 g/mol. The lowest BCUT2D eigenvalue weighted by Gasteiger charge is -2.32. The lowest BCUT2D eigenvalue weighted by molar-refractivity contribution is 0.273. The smallest absolute Gasteiger partial charge is 0.0555 e. The minimum absolute atomic E-state index is 0.423. The first-order valence-corrected chi connectivity index (χ1v) is 7.99. The molecule has 3 heteroatoms. The van der Waals surface area contributed by atoms with E-state index in [0.717, 1.165) is 17.4 Å². The van der Waals surface area contributed by atoms with E-state index in [-0.39, 0.29) is 0 Å². The van der Waals surface area contributed by atoms with E-state index in [0.29, 0.717) is 6.54 Å². The van der Waals surface area contributed by atoms with Crippen LogP contribution in [0.2, 0.25) is 0 Å². The van der Waals surface area contributed by atoms with Crippen molar-refractivity contribution in [2.24, 2.45) is 5.73 Å². The van der Waals surface area contributed by atoms with Crippen molar-refractivity contribution in [1.29, 1.82) is 0 Å². The molecule has 1 saturated heterocycles. The summed E-state index contributed by atoms with van der Waals surface area (Å²) in [5, 5.41) is 0.788. The van der Waals surface area contributed by atoms with Crippen LogP contribution in [0.5, 0.6) is 0 Å². The molecule has 0 aromatic heterocycles. The number of nitrogens with two attached hydrogens (primary N) is 1. The minimum Gasteiger partial charge on any atom is -0.320 e. The van der Waals surface area contributed by atoms with E-state index in [9.17, 15) is 0 Å². The molecule has 19 heavy (non-hydrogen) atoms. The molecule has 2 rings (SSSR count). The molecule has 1 aliphatic heterocycles. The lowest BCUT2D eigenvalue weighted by Crippen LogP contribution is -2.37. The van der Waals surface area contributed by atoms with Crippen molar-refractivity contribution in [1.82, 2.24) is 4.90 Å². The first kappa shape index (κ1) is 14.5. The summed E-state index contributed by atoms with van der Waals surface area (Å²) in [7, 11) is 0. The van der Waals surface area contributed by atoms with Crippen LogP contribution in [0.15, 0.2) is 24.3 Å². The Morgan fingerprint density at radius 3 is 3.05 bits per heavy atom. The summed E-state index contributed by atoms with van der Waals surface area (Å²) in [5.74, 6) is 7.38. The molecule has 0 saturated carbocycles. The van der Waals surface area contributed by atoms with Crippen molar-refractivity contribution in [2.45, 2.75) is 25.1 Å². The zero-order valence-corrected chi connectivity index (χ0v) is 12.4. The van der Waals surface area contributed by atoms with Crippen LogP contribution < -0.4 is 5.73 Å². The molecular formula is C16H22N2S. The summed E-state index contributed by atoms with van der Waals surface area (Å²) in [6, 6.07) is 8.42. The Morgan fingerprint density at radius 1 is 1.42 bits per heavy atom. The molecule has 1 fully saturated rings. The van der Waals surface area contributed by atoms with Gasteiger partial charge in [-0.2, -0.15) is 11.8 Å². The average Bonchev–Trinajstić information content (AvgIpc) is 2.46. The van der Waals surface area contributed by atoms with Crippen molar-refractivity contribution in [2.75, 3.05) is 25.4 Å². The van der Waals surface area contributed by atoms with Gasteiger partial charge in [0.2, 0.25) is 0 Å². The first-order chi connectivity index (χ1) is 9.33. The standard InChI is InChI=1S/C16H22N2S/c1-2-16-13-18(10-11-19-16)12-15-7-4-3-6-14(15)8-5-9-17/h3-4,6-7,16H,2,9-13,17H2,1H3. The molecule has 0 amide bonds. The predicted octanol–water partition coefficient (Wildman–Crippen LogP) is 2.32. The minimum atomic E-state index is 0.423. The SMILES string of the molecule is CCC1CN(Cc2ccccc2C#CCN)CCS1. The molecule has 1 unspecified atom stereocenters. The maximum absolute atomic E-state index is 5.46. The van der Waals surface area contributed by atoms with E-state index in [2.05, 4.69) is 53.6 Å². The Bertz CT molecular complexity index is 461. The van der Waals surface area contributed by atoms with Crippen LogP contribution >= 0.6 is 11.8 Å². The second kappa shape index (κ2) is 7.59. The molecule has 2 N–H and O–H groups in total. The van der Waals surface area contributed by atoms with Gasteiger partial charge < -0.3 is 5.73 Å². The fourth-order valence-electron chi connectivity index (χ4n) is 2.34. The lowest BCUT2D eigenvalue weighted by atomic mass is 10.1. The van der Waals surface area contributed by atoms with Crippen LogP contribution in [0.1, 0.15) is 24.5 Å². The maximum atomic E-state index is 5.46. The maximum Gasteiger partial charge on any atom is 0.0555 e. The van der Waals surface area contributed by atoms with E-state index in [1.54, 1.807) is 0 Å². The molecule has 0 radical (unpaired) electrons. The van der Waals surface area contributed by atoms with Crippen LogP contribution in [0.25, 0.3) is 0 Å². The van der Waals surface area contributed by atoms with Gasteiger partial charge in [0.05, 0.1) is 6.54 Å². The largest absolute Gasteiger partial charge is 0.320 e. The zero-order chi connectivity index (χ0) is 13.5. The number of nitrogens with zero attached hydrogens (tertiary/aromatic N) is 1. The fourth-order valence-corrected chi connectivity index (χ4v) is 3.59. The summed E-state index contributed by atoms with van der Waals surface area (Å²) in [5.41, 5.74) is 7.91. The summed E-state index contributed by atoms with van der Waals surface area (Å²) < 4.78 is 0. The molecule has 2 nitrogen and oxygen atoms in total. The van der Waals surface area contributed by atoms with Crippen LogP contribution in [0.4, 0.5) is 0 Å². The van der Waals surface area contributed by atoms with Crippen molar-refractivity contribution in [3.63, 3.8) is 0 Å². The molecular weight excluding hydrogens is 252 g/mol. The third-order valence-electron chi connectivity index (χ3n) is 3.41. The second-order valence-electron chi connectivity index (χ2n) is 4.80. The quantitative estimate of drug-likeness (QED) is 0.858. The van der Waals surface area contributed by atoms with Gasteiger partial charge in [-0.1, -0.05) is 37.0 Å². The van der Waals surface area contributed by atoms with Crippen LogP contribution in [-0.2, 0) is 6.54 Å². The van der Waals surface area contributed by atoms with Crippen LogP contribution in [-0.4, -0.2) is 35.5 Å². The zero-order valence-electron chi connectivity index (χ0n) is 11.6. The van der Waals surface area contributed by atoms with Gasteiger partial charge in [0.25, 0.3) is 0 Å². The van der Waals surface area contributed by atoms with E-state index in [4.69, 9.17) is 5.73 Å². The molecule has 1 aromatic carbocycles. The van der Waals surface area contributed by atoms with E-state index >= 15 is 0 Å². The Labute approximate surface area is 120 Å². The number of thioether (sulfide) groups is 1. The third kappa shape index (κ3) is 4.28. The van der Waals surface area contributed by atoms with Gasteiger partial charge in [-0.25, -0.2) is 0 Å². The van der Waals surface area contributed by atoms with Crippen molar-refractivity contribution in [3.8, 4) is 11.8 Å². The topological polar surface area (TPSA) is 29.3 Å². The molecule has 1 aliphatic rings. The van der Waals surface area contributed by atoms with Gasteiger partial charge >= 0.3 is 0 Å². The Hall–Kier alpha value is -0.950. The highest BCUT2D eigenvalue weighted by Crippen LogP contribution is 2.23. The van der Waals surface area contributed by atoms with E-state index < -0.39 is 0 Å². The first-order valence-electron chi connectivity index (χ1n) is 6.94. The van der Waals surface area contributed by atoms with E-state index in [1.165, 1.54) is 30.8 Å². The Kier molecular flexibility index (Phi) is 5.78. The number of benzene rings is 1. The molecule has 102 valence electrons. The summed E-state index contributed by atoms with van der Waals surface area (Å²) in [6.07, 6.45) is 1.26. The Balaban J connectivity index is 2.06. The van der Waals surface area contributed by atoms with Gasteiger partial charge in [0.1, 0.15) is 0 Å². The fraction of sp³-hybridized carbons (Fsp3) is 0.500. The van der Waals surface area contributed by atoms with E-state index in [1.807, 2.05) is 6.07 Å². The highest BCUT2D eigenvalue weighted by atomic mass is 32.2. The monoisotopic (exact) mass is 274 g/mol. The van der Waals surface area contributed by atoms with Gasteiger partial charge in [0, 0.05) is 36.2 Å². The van der Waals surface area contributed by atoms with Crippen LogP contribution in [0.3, 0.4) is 0 Å². The van der Waals surface area contributed by atoms with Crippen molar-refractivity contribution < 1.29 is 0 Å². The molecule has 1 aromatic rings. The highest BCUT2D eigenvalue weighted by Gasteiger charge is 2.19. The van der Waals surface area contributed by atoms with Gasteiger partial charge in [-0.15, -0.1) is 0 Å². The Morgan fingerprint density at radius 2 is 2.26 bits per heavy atom. The number of hydrogen-bond acceptors (Lipinski definition) is 3. The molecule has 0 aliphatic carbocycles. The van der Waals surface area contributed by atoms with Gasteiger partial charge in [0.15, 0.2) is 0 Å². The van der Waals surface area contributed by atoms with Crippen molar-refractivity contribution in [3.05, 3.63) is 35.4 Å². The number of rotatable bonds is 3. The molecule has 1 atom stereocenters. The van der Waals surface area contributed by atoms with Crippen molar-refractivity contribution >= 4 is 11.8 Å². The van der Waals surface area contributed by atoms with Gasteiger partial charge in [-0.05, 0) is 18.1 Å². The number of hydrogen-bond donors (Lipinski definition) is 1. The highest BCUT2D eigenvalue weighted by molar-refractivity contribution is 8.00.